The van der Waals surface area contributed by atoms with Gasteiger partial charge in [-0.15, -0.1) is 13.2 Å². The quantitative estimate of drug-likeness (QED) is 0.827. The lowest BCUT2D eigenvalue weighted by atomic mass is 10.2. The van der Waals surface area contributed by atoms with Crippen molar-refractivity contribution in [1.29, 1.82) is 0 Å². The van der Waals surface area contributed by atoms with Crippen molar-refractivity contribution < 1.29 is 27.4 Å². The van der Waals surface area contributed by atoms with Crippen LogP contribution in [-0.2, 0) is 0 Å². The second kappa shape index (κ2) is 6.91. The molecule has 0 atom stereocenters. The Morgan fingerprint density at radius 3 is 2.04 bits per heavy atom. The van der Waals surface area contributed by atoms with Gasteiger partial charge >= 0.3 is 6.36 Å². The third kappa shape index (κ3) is 5.10. The van der Waals surface area contributed by atoms with Gasteiger partial charge < -0.3 is 9.47 Å². The van der Waals surface area contributed by atoms with Crippen LogP contribution in [0.15, 0.2) is 48.5 Å². The maximum Gasteiger partial charge on any atom is 0.573 e. The maximum absolute atomic E-state index is 12.0. The molecular formula is C15H13F3N2O3. The average Bonchev–Trinajstić information content (AvgIpc) is 2.52. The second-order valence-corrected chi connectivity index (χ2v) is 4.38. The van der Waals surface area contributed by atoms with E-state index in [-0.39, 0.29) is 5.56 Å². The highest BCUT2D eigenvalue weighted by Gasteiger charge is 2.31. The molecule has 0 saturated carbocycles. The molecule has 0 aliphatic rings. The highest BCUT2D eigenvalue weighted by molar-refractivity contribution is 5.94. The van der Waals surface area contributed by atoms with Crippen LogP contribution in [0.3, 0.4) is 0 Å². The first-order valence-electron chi connectivity index (χ1n) is 6.43. The molecule has 8 heteroatoms. The SMILES string of the molecule is COc1ccc(NNC(=O)c2ccc(OC(F)(F)F)cc2)cc1. The minimum atomic E-state index is -4.76. The molecular weight excluding hydrogens is 313 g/mol. The van der Waals surface area contributed by atoms with Crippen LogP contribution in [0.25, 0.3) is 0 Å². The standard InChI is InChI=1S/C15H13F3N2O3/c1-22-12-8-4-11(5-9-12)19-20-14(21)10-2-6-13(7-3-10)23-15(16,17)18/h2-9,19H,1H3,(H,20,21). The van der Waals surface area contributed by atoms with Gasteiger partial charge in [-0.2, -0.15) is 0 Å². The van der Waals surface area contributed by atoms with E-state index < -0.39 is 18.0 Å². The number of carbonyl (C=O) groups excluding carboxylic acids is 1. The van der Waals surface area contributed by atoms with Gasteiger partial charge in [-0.3, -0.25) is 15.6 Å². The van der Waals surface area contributed by atoms with E-state index in [9.17, 15) is 18.0 Å². The summed E-state index contributed by atoms with van der Waals surface area (Å²) < 4.78 is 44.9. The number of carbonyl (C=O) groups is 1. The maximum atomic E-state index is 12.0. The van der Waals surface area contributed by atoms with Crippen LogP contribution in [-0.4, -0.2) is 19.4 Å². The van der Waals surface area contributed by atoms with Crippen LogP contribution < -0.4 is 20.3 Å². The summed E-state index contributed by atoms with van der Waals surface area (Å²) in [6.07, 6.45) is -4.76. The van der Waals surface area contributed by atoms with Crippen molar-refractivity contribution in [2.75, 3.05) is 12.5 Å². The first-order valence-corrected chi connectivity index (χ1v) is 6.43. The van der Waals surface area contributed by atoms with Crippen molar-refractivity contribution in [3.05, 3.63) is 54.1 Å². The Morgan fingerprint density at radius 2 is 1.52 bits per heavy atom. The van der Waals surface area contributed by atoms with E-state index in [1.165, 1.54) is 19.2 Å². The van der Waals surface area contributed by atoms with Gasteiger partial charge in [0.05, 0.1) is 12.8 Å². The van der Waals surface area contributed by atoms with Crippen LogP contribution in [0, 0.1) is 0 Å². The lowest BCUT2D eigenvalue weighted by Gasteiger charge is -2.11. The molecule has 2 N–H and O–H groups in total. The number of anilines is 1. The number of amides is 1. The van der Waals surface area contributed by atoms with Gasteiger partial charge in [-0.1, -0.05) is 0 Å². The normalized spacial score (nSPS) is 10.8. The van der Waals surface area contributed by atoms with E-state index in [4.69, 9.17) is 4.74 Å². The first kappa shape index (κ1) is 16.5. The fourth-order valence-corrected chi connectivity index (χ4v) is 1.68. The summed E-state index contributed by atoms with van der Waals surface area (Å²) >= 11 is 0. The highest BCUT2D eigenvalue weighted by Crippen LogP contribution is 2.22. The zero-order chi connectivity index (χ0) is 16.9. The Bertz CT molecular complexity index is 655. The number of hydrogen-bond donors (Lipinski definition) is 2. The zero-order valence-corrected chi connectivity index (χ0v) is 12.0. The lowest BCUT2D eigenvalue weighted by Crippen LogP contribution is -2.29. The molecule has 5 nitrogen and oxygen atoms in total. The predicted octanol–water partition coefficient (Wildman–Crippen LogP) is 3.35. The van der Waals surface area contributed by atoms with Crippen LogP contribution in [0.1, 0.15) is 10.4 Å². The smallest absolute Gasteiger partial charge is 0.497 e. The lowest BCUT2D eigenvalue weighted by molar-refractivity contribution is -0.274. The Balaban J connectivity index is 1.92. The Kier molecular flexibility index (Phi) is 4.95. The Morgan fingerprint density at radius 1 is 0.957 bits per heavy atom. The minimum absolute atomic E-state index is 0.181. The van der Waals surface area contributed by atoms with E-state index >= 15 is 0 Å². The fraction of sp³-hybridized carbons (Fsp3) is 0.133. The molecule has 0 radical (unpaired) electrons. The van der Waals surface area contributed by atoms with Crippen LogP contribution in [0.5, 0.6) is 11.5 Å². The van der Waals surface area contributed by atoms with E-state index in [1.54, 1.807) is 24.3 Å². The summed E-state index contributed by atoms with van der Waals surface area (Å²) in [5.74, 6) is -0.223. The number of alkyl halides is 3. The van der Waals surface area contributed by atoms with Crippen molar-refractivity contribution in [3.8, 4) is 11.5 Å². The van der Waals surface area contributed by atoms with Gasteiger partial charge in [-0.25, -0.2) is 0 Å². The summed E-state index contributed by atoms with van der Waals surface area (Å²) in [6, 6.07) is 11.4. The van der Waals surface area contributed by atoms with E-state index in [0.29, 0.717) is 11.4 Å². The van der Waals surface area contributed by atoms with Gasteiger partial charge in [0.2, 0.25) is 0 Å². The van der Waals surface area contributed by atoms with Crippen LogP contribution >= 0.6 is 0 Å². The number of nitrogens with one attached hydrogen (secondary N) is 2. The summed E-state index contributed by atoms with van der Waals surface area (Å²) in [5, 5.41) is 0. The molecule has 0 heterocycles. The summed E-state index contributed by atoms with van der Waals surface area (Å²) in [4.78, 5) is 11.9. The molecule has 0 aliphatic carbocycles. The third-order valence-corrected chi connectivity index (χ3v) is 2.76. The van der Waals surface area contributed by atoms with Crippen molar-refractivity contribution in [3.63, 3.8) is 0 Å². The number of rotatable bonds is 5. The van der Waals surface area contributed by atoms with Crippen LogP contribution in [0.2, 0.25) is 0 Å². The van der Waals surface area contributed by atoms with Gasteiger partial charge in [0, 0.05) is 5.56 Å². The molecule has 2 aromatic carbocycles. The summed E-state index contributed by atoms with van der Waals surface area (Å²) in [6.45, 7) is 0. The molecule has 23 heavy (non-hydrogen) atoms. The van der Waals surface area contributed by atoms with E-state index in [1.807, 2.05) is 0 Å². The Labute approximate surface area is 130 Å². The van der Waals surface area contributed by atoms with Crippen LogP contribution in [0.4, 0.5) is 18.9 Å². The van der Waals surface area contributed by atoms with E-state index in [0.717, 1.165) is 12.1 Å². The topological polar surface area (TPSA) is 59.6 Å². The first-order chi connectivity index (χ1) is 10.9. The zero-order valence-electron chi connectivity index (χ0n) is 12.0. The third-order valence-electron chi connectivity index (χ3n) is 2.76. The number of hydrogen-bond acceptors (Lipinski definition) is 4. The second-order valence-electron chi connectivity index (χ2n) is 4.38. The number of methoxy groups -OCH3 is 1. The number of hydrazine groups is 1. The molecule has 0 spiro atoms. The molecule has 2 rings (SSSR count). The van der Waals surface area contributed by atoms with Crippen molar-refractivity contribution in [2.45, 2.75) is 6.36 Å². The molecule has 2 aromatic rings. The Hall–Kier alpha value is -2.90. The minimum Gasteiger partial charge on any atom is -0.497 e. The highest BCUT2D eigenvalue weighted by atomic mass is 19.4. The molecule has 0 unspecified atom stereocenters. The summed E-state index contributed by atoms with van der Waals surface area (Å²) in [7, 11) is 1.54. The molecule has 1 amide bonds. The van der Waals surface area contributed by atoms with Gasteiger partial charge in [-0.05, 0) is 48.5 Å². The fourth-order valence-electron chi connectivity index (χ4n) is 1.68. The molecule has 0 aromatic heterocycles. The van der Waals surface area contributed by atoms with Gasteiger partial charge in [0.1, 0.15) is 11.5 Å². The van der Waals surface area contributed by atoms with Gasteiger partial charge in [0.15, 0.2) is 0 Å². The monoisotopic (exact) mass is 326 g/mol. The summed E-state index contributed by atoms with van der Waals surface area (Å²) in [5.41, 5.74) is 5.91. The molecule has 0 fully saturated rings. The van der Waals surface area contributed by atoms with Crippen molar-refractivity contribution >= 4 is 11.6 Å². The molecule has 122 valence electrons. The average molecular weight is 326 g/mol. The molecule has 0 bridgehead atoms. The molecule has 0 saturated heterocycles. The predicted molar refractivity (Wildman–Crippen MR) is 77.2 cm³/mol. The number of halogens is 3. The number of ether oxygens (including phenoxy) is 2. The van der Waals surface area contributed by atoms with Crippen molar-refractivity contribution in [1.82, 2.24) is 5.43 Å². The largest absolute Gasteiger partial charge is 0.573 e. The molecule has 0 aliphatic heterocycles. The number of benzene rings is 2. The van der Waals surface area contributed by atoms with Crippen molar-refractivity contribution in [2.24, 2.45) is 0 Å². The van der Waals surface area contributed by atoms with Gasteiger partial charge in [0.25, 0.3) is 5.91 Å². The van der Waals surface area contributed by atoms with E-state index in [2.05, 4.69) is 15.6 Å².